The molecular weight excluding hydrogens is 333 g/mol. The summed E-state index contributed by atoms with van der Waals surface area (Å²) in [4.78, 5) is 8.13. The summed E-state index contributed by atoms with van der Waals surface area (Å²) < 4.78 is 50.6. The molecule has 0 saturated carbocycles. The van der Waals surface area contributed by atoms with Crippen LogP contribution in [0.1, 0.15) is 31.7 Å². The molecule has 134 valence electrons. The Bertz CT molecular complexity index is 805. The number of allylic oxidation sites excluding steroid dienone is 3. The summed E-state index contributed by atoms with van der Waals surface area (Å²) in [5.74, 6) is 0.899. The van der Waals surface area contributed by atoms with Gasteiger partial charge in [0.05, 0.1) is 24.4 Å². The van der Waals surface area contributed by atoms with Crippen LogP contribution in [0.15, 0.2) is 40.1 Å². The molecule has 0 unspecified atom stereocenters. The monoisotopic (exact) mass is 352 g/mol. The lowest BCUT2D eigenvalue weighted by atomic mass is 10.1. The number of hydrogen-bond donors (Lipinski definition) is 0. The first kappa shape index (κ1) is 18.8. The minimum atomic E-state index is -4.48. The largest absolute Gasteiger partial charge is 0.494 e. The highest BCUT2D eigenvalue weighted by atomic mass is 19.4. The van der Waals surface area contributed by atoms with Crippen molar-refractivity contribution in [2.75, 3.05) is 7.11 Å². The molecule has 0 aliphatic rings. The van der Waals surface area contributed by atoms with Gasteiger partial charge in [-0.3, -0.25) is 4.98 Å². The highest BCUT2D eigenvalue weighted by molar-refractivity contribution is 5.65. The number of methoxy groups -OCH3 is 1. The first-order valence-electron chi connectivity index (χ1n) is 7.68. The van der Waals surface area contributed by atoms with Crippen molar-refractivity contribution in [1.82, 2.24) is 9.97 Å². The molecular formula is C18H19F3N2O2. The average molecular weight is 352 g/mol. The van der Waals surface area contributed by atoms with Gasteiger partial charge >= 0.3 is 6.18 Å². The van der Waals surface area contributed by atoms with Crippen LogP contribution in [0, 0.1) is 6.92 Å². The molecule has 0 aliphatic heterocycles. The average Bonchev–Trinajstić information content (AvgIpc) is 2.93. The Morgan fingerprint density at radius 3 is 2.68 bits per heavy atom. The summed E-state index contributed by atoms with van der Waals surface area (Å²) in [6.45, 7) is 5.03. The van der Waals surface area contributed by atoms with Gasteiger partial charge in [-0.15, -0.1) is 0 Å². The first-order valence-corrected chi connectivity index (χ1v) is 7.68. The number of oxazole rings is 1. The van der Waals surface area contributed by atoms with Crippen LogP contribution in [0.3, 0.4) is 0 Å². The van der Waals surface area contributed by atoms with E-state index < -0.39 is 11.7 Å². The maximum atomic E-state index is 13.3. The summed E-state index contributed by atoms with van der Waals surface area (Å²) >= 11 is 0. The number of nitrogens with zero attached hydrogens (tertiary/aromatic N) is 2. The Hall–Kier alpha value is -2.57. The summed E-state index contributed by atoms with van der Waals surface area (Å²) in [5, 5.41) is 0. The molecule has 0 saturated heterocycles. The predicted octanol–water partition coefficient (Wildman–Crippen LogP) is 5.36. The summed E-state index contributed by atoms with van der Waals surface area (Å²) in [7, 11) is 1.47. The van der Waals surface area contributed by atoms with Crippen LogP contribution in [-0.4, -0.2) is 23.3 Å². The second-order valence-electron chi connectivity index (χ2n) is 5.48. The van der Waals surface area contributed by atoms with Gasteiger partial charge in [0.15, 0.2) is 0 Å². The fourth-order valence-electron chi connectivity index (χ4n) is 2.10. The van der Waals surface area contributed by atoms with Gasteiger partial charge in [0.2, 0.25) is 5.89 Å². The van der Waals surface area contributed by atoms with E-state index in [4.69, 9.17) is 9.15 Å². The van der Waals surface area contributed by atoms with Crippen molar-refractivity contribution < 1.29 is 22.3 Å². The van der Waals surface area contributed by atoms with Gasteiger partial charge < -0.3 is 9.15 Å². The molecule has 4 nitrogen and oxygen atoms in total. The van der Waals surface area contributed by atoms with Gasteiger partial charge in [-0.2, -0.15) is 13.2 Å². The zero-order valence-corrected chi connectivity index (χ0v) is 14.4. The van der Waals surface area contributed by atoms with Crippen LogP contribution in [0.5, 0.6) is 5.75 Å². The van der Waals surface area contributed by atoms with E-state index in [9.17, 15) is 13.2 Å². The maximum absolute atomic E-state index is 13.3. The van der Waals surface area contributed by atoms with Gasteiger partial charge in [-0.25, -0.2) is 4.98 Å². The Labute approximate surface area is 144 Å². The standard InChI is InChI=1S/C18H19F3N2O2/c1-5-11(2)8-13(18(19,20)21)9-15-12(3)25-17(23-15)14-6-7-22-10-16(14)24-4/h6-10H,5H2,1-4H3/b11-8?,13-9+. The van der Waals surface area contributed by atoms with E-state index in [1.54, 1.807) is 26.8 Å². The molecule has 0 N–H and O–H groups in total. The lowest BCUT2D eigenvalue weighted by Gasteiger charge is -2.08. The van der Waals surface area contributed by atoms with E-state index in [1.807, 2.05) is 0 Å². The van der Waals surface area contributed by atoms with Gasteiger partial charge in [-0.1, -0.05) is 18.6 Å². The molecule has 2 heterocycles. The van der Waals surface area contributed by atoms with Crippen LogP contribution in [0.25, 0.3) is 17.5 Å². The quantitative estimate of drug-likeness (QED) is 0.680. The van der Waals surface area contributed by atoms with E-state index in [0.29, 0.717) is 23.3 Å². The molecule has 25 heavy (non-hydrogen) atoms. The molecule has 0 radical (unpaired) electrons. The predicted molar refractivity (Wildman–Crippen MR) is 89.1 cm³/mol. The Kier molecular flexibility index (Phi) is 5.66. The normalized spacial score (nSPS) is 13.2. The third kappa shape index (κ3) is 4.49. The molecule has 2 aromatic heterocycles. The number of aryl methyl sites for hydroxylation is 1. The number of alkyl halides is 3. The van der Waals surface area contributed by atoms with Crippen LogP contribution in [0.2, 0.25) is 0 Å². The fourth-order valence-corrected chi connectivity index (χ4v) is 2.10. The molecule has 2 rings (SSSR count). The van der Waals surface area contributed by atoms with E-state index in [2.05, 4.69) is 9.97 Å². The minimum Gasteiger partial charge on any atom is -0.494 e. The smallest absolute Gasteiger partial charge is 0.416 e. The lowest BCUT2D eigenvalue weighted by Crippen LogP contribution is -2.10. The second-order valence-corrected chi connectivity index (χ2v) is 5.48. The lowest BCUT2D eigenvalue weighted by molar-refractivity contribution is -0.0873. The first-order chi connectivity index (χ1) is 11.8. The van der Waals surface area contributed by atoms with Crippen molar-refractivity contribution in [3.05, 3.63) is 47.1 Å². The molecule has 0 atom stereocenters. The molecule has 7 heteroatoms. The third-order valence-corrected chi connectivity index (χ3v) is 3.65. The number of pyridine rings is 1. The van der Waals surface area contributed by atoms with Gasteiger partial charge in [0, 0.05) is 6.20 Å². The number of aromatic nitrogens is 2. The number of hydrogen-bond acceptors (Lipinski definition) is 4. The third-order valence-electron chi connectivity index (χ3n) is 3.65. The SMILES string of the molecule is CCC(C)=C/C(=C\c1nc(-c2ccncc2OC)oc1C)C(F)(F)F. The fraction of sp³-hybridized carbons (Fsp3) is 0.333. The van der Waals surface area contributed by atoms with Crippen LogP contribution < -0.4 is 4.74 Å². The Balaban J connectivity index is 2.51. The number of rotatable bonds is 5. The van der Waals surface area contributed by atoms with Crippen molar-refractivity contribution in [1.29, 1.82) is 0 Å². The Morgan fingerprint density at radius 2 is 2.08 bits per heavy atom. The van der Waals surface area contributed by atoms with Gasteiger partial charge in [0.25, 0.3) is 0 Å². The van der Waals surface area contributed by atoms with E-state index in [1.165, 1.54) is 19.5 Å². The molecule has 0 fully saturated rings. The van der Waals surface area contributed by atoms with E-state index in [-0.39, 0.29) is 17.3 Å². The molecule has 0 aliphatic carbocycles. The van der Waals surface area contributed by atoms with Crippen molar-refractivity contribution in [2.45, 2.75) is 33.4 Å². The molecule has 0 bridgehead atoms. The van der Waals surface area contributed by atoms with Gasteiger partial charge in [-0.05, 0) is 32.4 Å². The Morgan fingerprint density at radius 1 is 1.36 bits per heavy atom. The minimum absolute atomic E-state index is 0.126. The zero-order valence-electron chi connectivity index (χ0n) is 14.4. The molecule has 2 aromatic rings. The van der Waals surface area contributed by atoms with Gasteiger partial charge in [0.1, 0.15) is 17.2 Å². The van der Waals surface area contributed by atoms with E-state index in [0.717, 1.165) is 12.2 Å². The summed E-state index contributed by atoms with van der Waals surface area (Å²) in [5.41, 5.74) is 0.507. The van der Waals surface area contributed by atoms with Crippen LogP contribution in [0.4, 0.5) is 13.2 Å². The zero-order chi connectivity index (χ0) is 18.6. The second kappa shape index (κ2) is 7.55. The number of halogens is 3. The van der Waals surface area contributed by atoms with Crippen LogP contribution in [-0.2, 0) is 0 Å². The van der Waals surface area contributed by atoms with Crippen molar-refractivity contribution in [2.24, 2.45) is 0 Å². The van der Waals surface area contributed by atoms with Crippen molar-refractivity contribution in [3.63, 3.8) is 0 Å². The van der Waals surface area contributed by atoms with Crippen molar-refractivity contribution in [3.8, 4) is 17.2 Å². The number of ether oxygens (including phenoxy) is 1. The van der Waals surface area contributed by atoms with Crippen molar-refractivity contribution >= 4 is 6.08 Å². The molecule has 0 amide bonds. The maximum Gasteiger partial charge on any atom is 0.416 e. The summed E-state index contributed by atoms with van der Waals surface area (Å²) in [6, 6.07) is 1.63. The molecule has 0 spiro atoms. The molecule has 0 aromatic carbocycles. The summed E-state index contributed by atoms with van der Waals surface area (Å²) in [6.07, 6.45) is 1.19. The van der Waals surface area contributed by atoms with Crippen LogP contribution >= 0.6 is 0 Å². The highest BCUT2D eigenvalue weighted by Gasteiger charge is 2.32. The topological polar surface area (TPSA) is 48.2 Å². The van der Waals surface area contributed by atoms with E-state index >= 15 is 0 Å². The highest BCUT2D eigenvalue weighted by Crippen LogP contribution is 2.33.